The Morgan fingerprint density at radius 1 is 1.40 bits per heavy atom. The van der Waals surface area contributed by atoms with Gasteiger partial charge in [0, 0.05) is 25.0 Å². The molecule has 0 amide bonds. The van der Waals surface area contributed by atoms with Crippen LogP contribution in [0.2, 0.25) is 5.02 Å². The number of hydrogen-bond donors (Lipinski definition) is 0. The Hall–Kier alpha value is -0.950. The maximum absolute atomic E-state index is 12.7. The van der Waals surface area contributed by atoms with Crippen LogP contribution in [0.1, 0.15) is 18.4 Å². The lowest BCUT2D eigenvalue weighted by Crippen LogP contribution is -2.32. The van der Waals surface area contributed by atoms with Gasteiger partial charge in [-0.2, -0.15) is 15.6 Å². The second kappa shape index (κ2) is 5.44. The SMILES string of the molecule is O=S(=O)(c1cncc(Cl)c1)N(Cc1ccsc1)C1CC1. The van der Waals surface area contributed by atoms with Gasteiger partial charge in [0.15, 0.2) is 0 Å². The number of thiophene rings is 1. The number of halogens is 1. The molecule has 3 rings (SSSR count). The molecule has 106 valence electrons. The number of sulfonamides is 1. The van der Waals surface area contributed by atoms with Crippen LogP contribution in [-0.4, -0.2) is 23.7 Å². The molecule has 0 N–H and O–H groups in total. The van der Waals surface area contributed by atoms with E-state index in [1.807, 2.05) is 16.8 Å². The number of nitrogens with zero attached hydrogens (tertiary/aromatic N) is 2. The van der Waals surface area contributed by atoms with Crippen molar-refractivity contribution < 1.29 is 8.42 Å². The molecule has 7 heteroatoms. The summed E-state index contributed by atoms with van der Waals surface area (Å²) in [5, 5.41) is 4.26. The molecule has 0 unspecified atom stereocenters. The molecule has 0 aliphatic heterocycles. The average Bonchev–Trinajstić information content (AvgIpc) is 3.12. The van der Waals surface area contributed by atoms with Crippen molar-refractivity contribution >= 4 is 33.0 Å². The van der Waals surface area contributed by atoms with E-state index in [2.05, 4.69) is 4.98 Å². The van der Waals surface area contributed by atoms with Gasteiger partial charge < -0.3 is 0 Å². The molecule has 1 fully saturated rings. The lowest BCUT2D eigenvalue weighted by atomic mass is 10.3. The molecule has 0 atom stereocenters. The molecule has 2 aromatic heterocycles. The number of aromatic nitrogens is 1. The van der Waals surface area contributed by atoms with Gasteiger partial charge in [-0.25, -0.2) is 8.42 Å². The van der Waals surface area contributed by atoms with Crippen LogP contribution >= 0.6 is 22.9 Å². The van der Waals surface area contributed by atoms with Crippen molar-refractivity contribution in [2.75, 3.05) is 0 Å². The first-order chi connectivity index (χ1) is 9.57. The van der Waals surface area contributed by atoms with Crippen LogP contribution in [0.15, 0.2) is 40.2 Å². The van der Waals surface area contributed by atoms with Crippen molar-refractivity contribution in [1.82, 2.24) is 9.29 Å². The first kappa shape index (κ1) is 14.0. The van der Waals surface area contributed by atoms with Crippen molar-refractivity contribution in [3.63, 3.8) is 0 Å². The van der Waals surface area contributed by atoms with E-state index in [0.717, 1.165) is 18.4 Å². The largest absolute Gasteiger partial charge is 0.262 e. The van der Waals surface area contributed by atoms with Gasteiger partial charge in [0.05, 0.1) is 5.02 Å². The molecule has 2 heterocycles. The molecule has 0 radical (unpaired) electrons. The second-order valence-electron chi connectivity index (χ2n) is 4.75. The first-order valence-electron chi connectivity index (χ1n) is 6.21. The lowest BCUT2D eigenvalue weighted by Gasteiger charge is -2.21. The summed E-state index contributed by atoms with van der Waals surface area (Å²) in [7, 11) is -3.55. The van der Waals surface area contributed by atoms with Crippen molar-refractivity contribution in [3.8, 4) is 0 Å². The Labute approximate surface area is 127 Å². The highest BCUT2D eigenvalue weighted by molar-refractivity contribution is 7.89. The average molecular weight is 329 g/mol. The van der Waals surface area contributed by atoms with Crippen LogP contribution in [0.5, 0.6) is 0 Å². The van der Waals surface area contributed by atoms with Crippen LogP contribution in [0.4, 0.5) is 0 Å². The standard InChI is InChI=1S/C13H13ClN2O2S2/c14-11-5-13(7-15-6-11)20(17,18)16(12-1-2-12)8-10-3-4-19-9-10/h3-7,9,12H,1-2,8H2. The molecule has 2 aromatic rings. The number of hydrogen-bond acceptors (Lipinski definition) is 4. The summed E-state index contributed by atoms with van der Waals surface area (Å²) >= 11 is 7.42. The van der Waals surface area contributed by atoms with E-state index in [9.17, 15) is 8.42 Å². The van der Waals surface area contributed by atoms with Crippen molar-refractivity contribution in [2.24, 2.45) is 0 Å². The quantitative estimate of drug-likeness (QED) is 0.847. The summed E-state index contributed by atoms with van der Waals surface area (Å²) in [4.78, 5) is 4.03. The Morgan fingerprint density at radius 2 is 2.20 bits per heavy atom. The van der Waals surface area contributed by atoms with Gasteiger partial charge >= 0.3 is 0 Å². The first-order valence-corrected chi connectivity index (χ1v) is 8.97. The maximum Gasteiger partial charge on any atom is 0.245 e. The summed E-state index contributed by atoms with van der Waals surface area (Å²) in [5.41, 5.74) is 1.01. The van der Waals surface area contributed by atoms with Gasteiger partial charge in [-0.15, -0.1) is 0 Å². The van der Waals surface area contributed by atoms with Gasteiger partial charge in [-0.05, 0) is 41.3 Å². The molecule has 0 bridgehead atoms. The fourth-order valence-electron chi connectivity index (χ4n) is 2.00. The lowest BCUT2D eigenvalue weighted by molar-refractivity contribution is 0.399. The number of pyridine rings is 1. The van der Waals surface area contributed by atoms with Crippen LogP contribution in [0.3, 0.4) is 0 Å². The van der Waals surface area contributed by atoms with E-state index in [-0.39, 0.29) is 10.9 Å². The molecular formula is C13H13ClN2O2S2. The number of rotatable bonds is 5. The van der Waals surface area contributed by atoms with Gasteiger partial charge in [-0.3, -0.25) is 4.98 Å². The van der Waals surface area contributed by atoms with Gasteiger partial charge in [0.2, 0.25) is 10.0 Å². The third-order valence-electron chi connectivity index (χ3n) is 3.16. The van der Waals surface area contributed by atoms with E-state index < -0.39 is 10.0 Å². The Kier molecular flexibility index (Phi) is 3.81. The molecule has 0 aromatic carbocycles. The second-order valence-corrected chi connectivity index (χ2v) is 7.86. The third kappa shape index (κ3) is 2.88. The summed E-state index contributed by atoms with van der Waals surface area (Å²) in [5.74, 6) is 0. The zero-order chi connectivity index (χ0) is 14.2. The Bertz CT molecular complexity index is 697. The predicted molar refractivity (Wildman–Crippen MR) is 79.3 cm³/mol. The smallest absolute Gasteiger partial charge is 0.245 e. The van der Waals surface area contributed by atoms with E-state index in [0.29, 0.717) is 11.6 Å². The van der Waals surface area contributed by atoms with Crippen LogP contribution in [-0.2, 0) is 16.6 Å². The van der Waals surface area contributed by atoms with Crippen LogP contribution in [0, 0.1) is 0 Å². The fraction of sp³-hybridized carbons (Fsp3) is 0.308. The van der Waals surface area contributed by atoms with E-state index in [4.69, 9.17) is 11.6 Å². The highest BCUT2D eigenvalue weighted by Crippen LogP contribution is 2.34. The molecule has 0 spiro atoms. The zero-order valence-corrected chi connectivity index (χ0v) is 13.0. The summed E-state index contributed by atoms with van der Waals surface area (Å²) < 4.78 is 27.0. The predicted octanol–water partition coefficient (Wildman–Crippen LogP) is 3.15. The zero-order valence-electron chi connectivity index (χ0n) is 10.6. The minimum atomic E-state index is -3.55. The molecule has 0 saturated heterocycles. The van der Waals surface area contributed by atoms with Crippen LogP contribution < -0.4 is 0 Å². The van der Waals surface area contributed by atoms with Crippen molar-refractivity contribution in [1.29, 1.82) is 0 Å². The fourth-order valence-corrected chi connectivity index (χ4v) is 4.57. The topological polar surface area (TPSA) is 50.3 Å². The minimum Gasteiger partial charge on any atom is -0.262 e. The normalized spacial score (nSPS) is 15.7. The van der Waals surface area contributed by atoms with Gasteiger partial charge in [-0.1, -0.05) is 11.6 Å². The molecule has 1 saturated carbocycles. The van der Waals surface area contributed by atoms with E-state index in [1.165, 1.54) is 18.5 Å². The van der Waals surface area contributed by atoms with E-state index in [1.54, 1.807) is 15.6 Å². The Balaban J connectivity index is 1.94. The van der Waals surface area contributed by atoms with Gasteiger partial charge in [0.1, 0.15) is 4.90 Å². The maximum atomic E-state index is 12.7. The molecule has 1 aliphatic carbocycles. The summed E-state index contributed by atoms with van der Waals surface area (Å²) in [6.07, 6.45) is 4.61. The van der Waals surface area contributed by atoms with Crippen molar-refractivity contribution in [2.45, 2.75) is 30.3 Å². The highest BCUT2D eigenvalue weighted by atomic mass is 35.5. The molecular weight excluding hydrogens is 316 g/mol. The summed E-state index contributed by atoms with van der Waals surface area (Å²) in [6, 6.07) is 3.50. The van der Waals surface area contributed by atoms with Gasteiger partial charge in [0.25, 0.3) is 0 Å². The Morgan fingerprint density at radius 3 is 2.80 bits per heavy atom. The minimum absolute atomic E-state index is 0.0962. The van der Waals surface area contributed by atoms with Crippen molar-refractivity contribution in [3.05, 3.63) is 45.9 Å². The molecule has 1 aliphatic rings. The van der Waals surface area contributed by atoms with Crippen LogP contribution in [0.25, 0.3) is 0 Å². The molecule has 20 heavy (non-hydrogen) atoms. The third-order valence-corrected chi connectivity index (χ3v) is 5.96. The molecule has 4 nitrogen and oxygen atoms in total. The van der Waals surface area contributed by atoms with E-state index >= 15 is 0 Å². The monoisotopic (exact) mass is 328 g/mol. The summed E-state index contributed by atoms with van der Waals surface area (Å²) in [6.45, 7) is 0.406. The highest BCUT2D eigenvalue weighted by Gasteiger charge is 2.38.